The van der Waals surface area contributed by atoms with Crippen LogP contribution in [0.25, 0.3) is 0 Å². The van der Waals surface area contributed by atoms with Gasteiger partial charge in [0.2, 0.25) is 5.95 Å². The van der Waals surface area contributed by atoms with Crippen LogP contribution in [-0.4, -0.2) is 23.1 Å². The fourth-order valence-corrected chi connectivity index (χ4v) is 3.53. The summed E-state index contributed by atoms with van der Waals surface area (Å²) >= 11 is 0. The Hall–Kier alpha value is -2.95. The van der Waals surface area contributed by atoms with E-state index in [0.717, 1.165) is 42.4 Å². The summed E-state index contributed by atoms with van der Waals surface area (Å²) in [4.78, 5) is 11.8. The standard InChI is InChI=1S/C23H25FN4/c24-21-11-9-19(10-12-21)16-25-22-20(15-18-7-3-1-4-8-18)17-26-23(27-22)28-13-5-2-6-14-28/h1,3-4,7-12,17H,2,5-6,13-16H2,(H,25,26,27). The molecule has 2 heterocycles. The van der Waals surface area contributed by atoms with Crippen LogP contribution in [-0.2, 0) is 13.0 Å². The van der Waals surface area contributed by atoms with Crippen LogP contribution in [0.15, 0.2) is 60.8 Å². The molecule has 1 saturated heterocycles. The molecule has 28 heavy (non-hydrogen) atoms. The quantitative estimate of drug-likeness (QED) is 0.670. The molecule has 3 aromatic rings. The van der Waals surface area contributed by atoms with Crippen molar-refractivity contribution in [3.05, 3.63) is 83.3 Å². The predicted molar refractivity (Wildman–Crippen MR) is 111 cm³/mol. The van der Waals surface area contributed by atoms with E-state index in [0.29, 0.717) is 6.54 Å². The number of halogens is 1. The third-order valence-corrected chi connectivity index (χ3v) is 5.10. The van der Waals surface area contributed by atoms with Gasteiger partial charge < -0.3 is 10.2 Å². The Kier molecular flexibility index (Phi) is 5.80. The number of hydrogen-bond acceptors (Lipinski definition) is 4. The number of anilines is 2. The van der Waals surface area contributed by atoms with Crippen molar-refractivity contribution >= 4 is 11.8 Å². The minimum atomic E-state index is -0.220. The maximum atomic E-state index is 13.2. The monoisotopic (exact) mass is 376 g/mol. The van der Waals surface area contributed by atoms with E-state index in [-0.39, 0.29) is 5.82 Å². The molecule has 0 unspecified atom stereocenters. The summed E-state index contributed by atoms with van der Waals surface area (Å²) in [7, 11) is 0. The Morgan fingerprint density at radius 3 is 2.39 bits per heavy atom. The molecule has 0 atom stereocenters. The number of benzene rings is 2. The van der Waals surface area contributed by atoms with Gasteiger partial charge in [0.1, 0.15) is 11.6 Å². The average Bonchev–Trinajstić information content (AvgIpc) is 2.75. The number of hydrogen-bond donors (Lipinski definition) is 1. The Labute approximate surface area is 165 Å². The van der Waals surface area contributed by atoms with E-state index in [9.17, 15) is 4.39 Å². The highest BCUT2D eigenvalue weighted by molar-refractivity contribution is 5.50. The van der Waals surface area contributed by atoms with Crippen LogP contribution in [0.1, 0.15) is 36.0 Å². The third-order valence-electron chi connectivity index (χ3n) is 5.10. The molecule has 0 radical (unpaired) electrons. The molecule has 0 saturated carbocycles. The number of aromatic nitrogens is 2. The molecule has 0 amide bonds. The van der Waals surface area contributed by atoms with Crippen LogP contribution in [0.5, 0.6) is 0 Å². The van der Waals surface area contributed by atoms with E-state index in [4.69, 9.17) is 4.98 Å². The van der Waals surface area contributed by atoms with Crippen LogP contribution in [0.2, 0.25) is 0 Å². The summed E-state index contributed by atoms with van der Waals surface area (Å²) in [6.07, 6.45) is 6.36. The van der Waals surface area contributed by atoms with Crippen LogP contribution in [0.3, 0.4) is 0 Å². The van der Waals surface area contributed by atoms with Gasteiger partial charge in [-0.25, -0.2) is 9.37 Å². The van der Waals surface area contributed by atoms with Crippen molar-refractivity contribution < 1.29 is 4.39 Å². The van der Waals surface area contributed by atoms with Crippen molar-refractivity contribution in [2.75, 3.05) is 23.3 Å². The average molecular weight is 376 g/mol. The second-order valence-corrected chi connectivity index (χ2v) is 7.23. The minimum absolute atomic E-state index is 0.220. The second kappa shape index (κ2) is 8.83. The molecule has 4 rings (SSSR count). The summed E-state index contributed by atoms with van der Waals surface area (Å²) in [6.45, 7) is 2.61. The molecule has 2 aromatic carbocycles. The molecule has 0 spiro atoms. The zero-order valence-electron chi connectivity index (χ0n) is 15.9. The number of rotatable bonds is 6. The summed E-state index contributed by atoms with van der Waals surface area (Å²) in [5.74, 6) is 1.42. The van der Waals surface area contributed by atoms with Crippen LogP contribution >= 0.6 is 0 Å². The van der Waals surface area contributed by atoms with Crippen molar-refractivity contribution in [2.24, 2.45) is 0 Å². The summed E-state index contributed by atoms with van der Waals surface area (Å²) in [5, 5.41) is 3.45. The highest BCUT2D eigenvalue weighted by Gasteiger charge is 2.16. The summed E-state index contributed by atoms with van der Waals surface area (Å²) < 4.78 is 13.2. The molecule has 1 aliphatic rings. The van der Waals surface area contributed by atoms with Crippen molar-refractivity contribution in [3.63, 3.8) is 0 Å². The Bertz CT molecular complexity index is 890. The number of nitrogens with zero attached hydrogens (tertiary/aromatic N) is 3. The van der Waals surface area contributed by atoms with Crippen LogP contribution in [0.4, 0.5) is 16.2 Å². The fourth-order valence-electron chi connectivity index (χ4n) is 3.53. The molecule has 4 nitrogen and oxygen atoms in total. The maximum Gasteiger partial charge on any atom is 0.227 e. The first-order valence-electron chi connectivity index (χ1n) is 9.91. The highest BCUT2D eigenvalue weighted by Crippen LogP contribution is 2.22. The van der Waals surface area contributed by atoms with Gasteiger partial charge >= 0.3 is 0 Å². The van der Waals surface area contributed by atoms with E-state index in [1.54, 1.807) is 12.1 Å². The number of piperidine rings is 1. The van der Waals surface area contributed by atoms with Gasteiger partial charge in [0.15, 0.2) is 0 Å². The third kappa shape index (κ3) is 4.66. The smallest absolute Gasteiger partial charge is 0.227 e. The second-order valence-electron chi connectivity index (χ2n) is 7.23. The van der Waals surface area contributed by atoms with E-state index in [2.05, 4.69) is 27.3 Å². The van der Waals surface area contributed by atoms with Crippen molar-refractivity contribution in [2.45, 2.75) is 32.2 Å². The first-order chi connectivity index (χ1) is 13.8. The van der Waals surface area contributed by atoms with Crippen molar-refractivity contribution in [1.82, 2.24) is 9.97 Å². The molecule has 1 fully saturated rings. The Morgan fingerprint density at radius 2 is 1.64 bits per heavy atom. The normalized spacial score (nSPS) is 14.1. The molecule has 1 N–H and O–H groups in total. The Morgan fingerprint density at radius 1 is 0.893 bits per heavy atom. The van der Waals surface area contributed by atoms with Gasteiger partial charge in [-0.3, -0.25) is 0 Å². The molecule has 5 heteroatoms. The predicted octanol–water partition coefficient (Wildman–Crippen LogP) is 4.81. The van der Waals surface area contributed by atoms with Gasteiger partial charge in [-0.2, -0.15) is 4.98 Å². The van der Waals surface area contributed by atoms with Gasteiger partial charge in [-0.1, -0.05) is 42.5 Å². The Balaban J connectivity index is 1.57. The largest absolute Gasteiger partial charge is 0.366 e. The van der Waals surface area contributed by atoms with Gasteiger partial charge in [0.05, 0.1) is 0 Å². The molecule has 144 valence electrons. The number of nitrogens with one attached hydrogen (secondary N) is 1. The molecule has 1 aliphatic heterocycles. The lowest BCUT2D eigenvalue weighted by Gasteiger charge is -2.27. The zero-order chi connectivity index (χ0) is 19.2. The summed E-state index contributed by atoms with van der Waals surface area (Å²) in [6, 6.07) is 16.9. The molecule has 1 aromatic heterocycles. The lowest BCUT2D eigenvalue weighted by Crippen LogP contribution is -2.31. The van der Waals surface area contributed by atoms with Gasteiger partial charge in [-0.05, 0) is 42.5 Å². The van der Waals surface area contributed by atoms with Crippen LogP contribution in [0, 0.1) is 5.82 Å². The minimum Gasteiger partial charge on any atom is -0.366 e. The molecule has 0 bridgehead atoms. The first kappa shape index (κ1) is 18.4. The first-order valence-corrected chi connectivity index (χ1v) is 9.91. The molecular weight excluding hydrogens is 351 g/mol. The highest BCUT2D eigenvalue weighted by atomic mass is 19.1. The van der Waals surface area contributed by atoms with E-state index >= 15 is 0 Å². The fraction of sp³-hybridized carbons (Fsp3) is 0.304. The summed E-state index contributed by atoms with van der Waals surface area (Å²) in [5.41, 5.74) is 3.31. The SMILES string of the molecule is Fc1ccc(CNc2nc(N3CCCCC3)ncc2Cc2ccccc2)cc1. The maximum absolute atomic E-state index is 13.2. The van der Waals surface area contributed by atoms with Crippen LogP contribution < -0.4 is 10.2 Å². The van der Waals surface area contributed by atoms with Crippen molar-refractivity contribution in [3.8, 4) is 0 Å². The van der Waals surface area contributed by atoms with E-state index in [1.807, 2.05) is 24.4 Å². The molecule has 0 aliphatic carbocycles. The topological polar surface area (TPSA) is 41.1 Å². The zero-order valence-corrected chi connectivity index (χ0v) is 15.9. The lowest BCUT2D eigenvalue weighted by atomic mass is 10.1. The van der Waals surface area contributed by atoms with E-state index < -0.39 is 0 Å². The van der Waals surface area contributed by atoms with Gasteiger partial charge in [0.25, 0.3) is 0 Å². The van der Waals surface area contributed by atoms with E-state index in [1.165, 1.54) is 37.0 Å². The molecular formula is C23H25FN4. The van der Waals surface area contributed by atoms with Gasteiger partial charge in [0, 0.05) is 37.8 Å². The van der Waals surface area contributed by atoms with Gasteiger partial charge in [-0.15, -0.1) is 0 Å². The lowest BCUT2D eigenvalue weighted by molar-refractivity contribution is 0.568. The van der Waals surface area contributed by atoms with Crippen molar-refractivity contribution in [1.29, 1.82) is 0 Å².